The van der Waals surface area contributed by atoms with Crippen molar-refractivity contribution in [2.75, 3.05) is 18.0 Å². The van der Waals surface area contributed by atoms with Crippen LogP contribution in [0.15, 0.2) is 47.1 Å². The Kier molecular flexibility index (Phi) is 7.78. The number of pyridine rings is 1. The van der Waals surface area contributed by atoms with Crippen LogP contribution in [-0.4, -0.2) is 29.8 Å². The number of ketones is 1. The lowest BCUT2D eigenvalue weighted by molar-refractivity contribution is -0.121. The molecule has 0 bridgehead atoms. The molecule has 26 heavy (non-hydrogen) atoms. The number of Topliss-reactive ketones (excluding diaryl/α,β-unsaturated/α-hetero) is 1. The van der Waals surface area contributed by atoms with Gasteiger partial charge in [-0.05, 0) is 37.6 Å². The molecular weight excluding hydrogens is 394 g/mol. The van der Waals surface area contributed by atoms with E-state index < -0.39 is 0 Å². The lowest BCUT2D eigenvalue weighted by atomic mass is 10.1. The normalized spacial score (nSPS) is 10.4. The Morgan fingerprint density at radius 1 is 1.04 bits per heavy atom. The summed E-state index contributed by atoms with van der Waals surface area (Å²) in [6, 6.07) is 11.1. The number of anilines is 1. The fourth-order valence-corrected chi connectivity index (χ4v) is 2.82. The van der Waals surface area contributed by atoms with Crippen LogP contribution in [0.5, 0.6) is 0 Å². The van der Waals surface area contributed by atoms with Crippen molar-refractivity contribution >= 4 is 33.4 Å². The van der Waals surface area contributed by atoms with Crippen LogP contribution in [0.4, 0.5) is 5.82 Å². The summed E-state index contributed by atoms with van der Waals surface area (Å²) in [6.45, 7) is 6.42. The number of benzene rings is 1. The number of nitrogens with zero attached hydrogens (tertiary/aromatic N) is 2. The van der Waals surface area contributed by atoms with Crippen molar-refractivity contribution in [1.29, 1.82) is 0 Å². The summed E-state index contributed by atoms with van der Waals surface area (Å²) in [6.07, 6.45) is 2.16. The number of halogens is 1. The van der Waals surface area contributed by atoms with E-state index in [4.69, 9.17) is 0 Å². The summed E-state index contributed by atoms with van der Waals surface area (Å²) < 4.78 is 0.924. The molecule has 0 fully saturated rings. The number of hydrogen-bond acceptors (Lipinski definition) is 4. The quantitative estimate of drug-likeness (QED) is 0.626. The van der Waals surface area contributed by atoms with Gasteiger partial charge in [-0.1, -0.05) is 34.1 Å². The van der Waals surface area contributed by atoms with Gasteiger partial charge < -0.3 is 10.2 Å². The minimum absolute atomic E-state index is 0.0297. The molecule has 0 aliphatic carbocycles. The Labute approximate surface area is 162 Å². The highest BCUT2D eigenvalue weighted by Crippen LogP contribution is 2.13. The van der Waals surface area contributed by atoms with Crippen LogP contribution >= 0.6 is 15.9 Å². The molecule has 0 saturated carbocycles. The van der Waals surface area contributed by atoms with E-state index in [-0.39, 0.29) is 24.5 Å². The molecule has 1 N–H and O–H groups in total. The number of aromatic nitrogens is 1. The molecule has 1 aromatic carbocycles. The van der Waals surface area contributed by atoms with E-state index in [0.29, 0.717) is 12.1 Å². The van der Waals surface area contributed by atoms with E-state index in [1.165, 1.54) is 0 Å². The fraction of sp³-hybridized carbons (Fsp3) is 0.350. The van der Waals surface area contributed by atoms with Crippen molar-refractivity contribution < 1.29 is 9.59 Å². The fourth-order valence-electron chi connectivity index (χ4n) is 2.55. The van der Waals surface area contributed by atoms with Crippen LogP contribution in [0, 0.1) is 0 Å². The largest absolute Gasteiger partial charge is 0.357 e. The summed E-state index contributed by atoms with van der Waals surface area (Å²) in [5.74, 6) is 0.770. The van der Waals surface area contributed by atoms with Crippen molar-refractivity contribution in [3.8, 4) is 0 Å². The number of carbonyl (C=O) groups is 2. The summed E-state index contributed by atoms with van der Waals surface area (Å²) in [7, 11) is 0. The molecule has 0 unspecified atom stereocenters. The van der Waals surface area contributed by atoms with Gasteiger partial charge in [0, 0.05) is 48.7 Å². The first-order valence-electron chi connectivity index (χ1n) is 8.78. The van der Waals surface area contributed by atoms with Gasteiger partial charge in [-0.25, -0.2) is 4.98 Å². The Balaban J connectivity index is 1.78. The van der Waals surface area contributed by atoms with Gasteiger partial charge in [0.2, 0.25) is 5.91 Å². The number of rotatable bonds is 9. The lowest BCUT2D eigenvalue weighted by Gasteiger charge is -2.19. The van der Waals surface area contributed by atoms with E-state index in [0.717, 1.165) is 28.9 Å². The summed E-state index contributed by atoms with van der Waals surface area (Å²) in [5, 5.41) is 2.84. The van der Waals surface area contributed by atoms with Gasteiger partial charge in [0.1, 0.15) is 5.82 Å². The highest BCUT2D eigenvalue weighted by atomic mass is 79.9. The molecule has 2 aromatic rings. The molecule has 0 radical (unpaired) electrons. The second-order valence-electron chi connectivity index (χ2n) is 5.90. The maximum atomic E-state index is 12.1. The molecule has 5 nitrogen and oxygen atoms in total. The van der Waals surface area contributed by atoms with Gasteiger partial charge >= 0.3 is 0 Å². The minimum atomic E-state index is -0.136. The van der Waals surface area contributed by atoms with Gasteiger partial charge in [0.25, 0.3) is 0 Å². The average Bonchev–Trinajstić information content (AvgIpc) is 2.67. The molecule has 1 heterocycles. The molecule has 1 aromatic heterocycles. The zero-order valence-corrected chi connectivity index (χ0v) is 16.8. The molecule has 0 aliphatic rings. The maximum Gasteiger partial charge on any atom is 0.220 e. The summed E-state index contributed by atoms with van der Waals surface area (Å²) in [5.41, 5.74) is 1.56. The van der Waals surface area contributed by atoms with E-state index in [9.17, 15) is 9.59 Å². The topological polar surface area (TPSA) is 62.3 Å². The third-order valence-corrected chi connectivity index (χ3v) is 4.66. The third-order valence-electron chi connectivity index (χ3n) is 4.13. The zero-order chi connectivity index (χ0) is 18.9. The van der Waals surface area contributed by atoms with Crippen molar-refractivity contribution in [3.05, 3.63) is 58.2 Å². The summed E-state index contributed by atoms with van der Waals surface area (Å²) in [4.78, 5) is 30.7. The highest BCUT2D eigenvalue weighted by Gasteiger charge is 2.09. The molecule has 0 spiro atoms. The zero-order valence-electron chi connectivity index (χ0n) is 15.2. The van der Waals surface area contributed by atoms with Crippen LogP contribution in [0.3, 0.4) is 0 Å². The second kappa shape index (κ2) is 10.1. The lowest BCUT2D eigenvalue weighted by Crippen LogP contribution is -2.24. The molecule has 2 rings (SSSR count). The molecule has 0 saturated heterocycles. The van der Waals surface area contributed by atoms with Crippen LogP contribution in [-0.2, 0) is 11.3 Å². The second-order valence-corrected chi connectivity index (χ2v) is 6.82. The number of carbonyl (C=O) groups excluding carboxylic acids is 2. The first kappa shape index (κ1) is 20.1. The van der Waals surface area contributed by atoms with Gasteiger partial charge in [-0.15, -0.1) is 0 Å². The van der Waals surface area contributed by atoms with E-state index >= 15 is 0 Å². The Hall–Kier alpha value is -2.21. The van der Waals surface area contributed by atoms with Gasteiger partial charge in [0.15, 0.2) is 5.78 Å². The first-order valence-corrected chi connectivity index (χ1v) is 9.58. The Morgan fingerprint density at radius 3 is 2.31 bits per heavy atom. The smallest absolute Gasteiger partial charge is 0.220 e. The minimum Gasteiger partial charge on any atom is -0.357 e. The molecule has 6 heteroatoms. The van der Waals surface area contributed by atoms with Crippen molar-refractivity contribution in [1.82, 2.24) is 10.3 Å². The average molecular weight is 418 g/mol. The number of amides is 1. The van der Waals surface area contributed by atoms with E-state index in [1.54, 1.807) is 18.3 Å². The maximum absolute atomic E-state index is 12.1. The highest BCUT2D eigenvalue weighted by molar-refractivity contribution is 9.10. The van der Waals surface area contributed by atoms with Crippen LogP contribution < -0.4 is 10.2 Å². The van der Waals surface area contributed by atoms with Gasteiger partial charge in [-0.2, -0.15) is 0 Å². The molecular formula is C20H24BrN3O2. The van der Waals surface area contributed by atoms with Crippen LogP contribution in [0.2, 0.25) is 0 Å². The van der Waals surface area contributed by atoms with Crippen molar-refractivity contribution in [2.45, 2.75) is 33.2 Å². The molecule has 1 amide bonds. The predicted octanol–water partition coefficient (Wildman–Crippen LogP) is 3.97. The Morgan fingerprint density at radius 2 is 1.73 bits per heavy atom. The monoisotopic (exact) mass is 417 g/mol. The predicted molar refractivity (Wildman–Crippen MR) is 107 cm³/mol. The third kappa shape index (κ3) is 5.95. The molecule has 0 atom stereocenters. The number of hydrogen-bond donors (Lipinski definition) is 1. The van der Waals surface area contributed by atoms with E-state index in [1.807, 2.05) is 24.3 Å². The van der Waals surface area contributed by atoms with Crippen LogP contribution in [0.25, 0.3) is 0 Å². The molecule has 138 valence electrons. The van der Waals surface area contributed by atoms with Crippen molar-refractivity contribution in [3.63, 3.8) is 0 Å². The van der Waals surface area contributed by atoms with E-state index in [2.05, 4.69) is 45.0 Å². The molecule has 0 aliphatic heterocycles. The number of nitrogens with one attached hydrogen (secondary N) is 1. The standard InChI is InChI=1S/C20H24BrN3O2/c1-3-24(4-2)19-11-5-15(13-22-19)14-23-20(26)12-10-18(25)16-6-8-17(21)9-7-16/h5-9,11,13H,3-4,10,12,14H2,1-2H3,(H,23,26). The van der Waals surface area contributed by atoms with Crippen LogP contribution in [0.1, 0.15) is 42.6 Å². The van der Waals surface area contributed by atoms with Gasteiger partial charge in [-0.3, -0.25) is 9.59 Å². The first-order chi connectivity index (χ1) is 12.5. The van der Waals surface area contributed by atoms with Crippen molar-refractivity contribution in [2.24, 2.45) is 0 Å². The van der Waals surface area contributed by atoms with Gasteiger partial charge in [0.05, 0.1) is 0 Å². The SMILES string of the molecule is CCN(CC)c1ccc(CNC(=O)CCC(=O)c2ccc(Br)cc2)cn1. The Bertz CT molecular complexity index is 726. The summed E-state index contributed by atoms with van der Waals surface area (Å²) >= 11 is 3.34.